The minimum Gasteiger partial charge on any atom is -0.469 e. The lowest BCUT2D eigenvalue weighted by Gasteiger charge is -2.10. The van der Waals surface area contributed by atoms with Gasteiger partial charge < -0.3 is 4.74 Å². The molecule has 0 spiro atoms. The summed E-state index contributed by atoms with van der Waals surface area (Å²) in [4.78, 5) is 20.0. The maximum atomic E-state index is 11.7. The second-order valence-electron chi connectivity index (χ2n) is 4.76. The molecule has 2 aromatic heterocycles. The fourth-order valence-electron chi connectivity index (χ4n) is 2.36. The number of esters is 1. The lowest BCUT2D eigenvalue weighted by molar-refractivity contribution is -0.142. The Balaban J connectivity index is 2.51. The van der Waals surface area contributed by atoms with Crippen LogP contribution in [0, 0.1) is 20.8 Å². The predicted octanol–water partition coefficient (Wildman–Crippen LogP) is 1.86. The first kappa shape index (κ1) is 14.2. The molecule has 2 rings (SSSR count). The Morgan fingerprint density at radius 3 is 2.60 bits per heavy atom. The van der Waals surface area contributed by atoms with Crippen LogP contribution in [0.3, 0.4) is 0 Å². The van der Waals surface area contributed by atoms with E-state index >= 15 is 0 Å². The van der Waals surface area contributed by atoms with Gasteiger partial charge in [0.05, 0.1) is 18.7 Å². The fourth-order valence-corrected chi connectivity index (χ4v) is 2.36. The topological polar surface area (TPSA) is 69.9 Å². The summed E-state index contributed by atoms with van der Waals surface area (Å²) in [6, 6.07) is 1.85. The summed E-state index contributed by atoms with van der Waals surface area (Å²) in [5, 5.41) is 4.48. The van der Waals surface area contributed by atoms with Gasteiger partial charge in [-0.2, -0.15) is 5.10 Å². The minimum atomic E-state index is -0.350. The van der Waals surface area contributed by atoms with Crippen molar-refractivity contribution in [3.63, 3.8) is 0 Å². The minimum absolute atomic E-state index is 0.269. The molecule has 0 saturated carbocycles. The van der Waals surface area contributed by atoms with E-state index in [9.17, 15) is 4.79 Å². The molecule has 0 aliphatic heterocycles. The van der Waals surface area contributed by atoms with Crippen LogP contribution < -0.4 is 0 Å². The van der Waals surface area contributed by atoms with E-state index in [0.717, 1.165) is 22.6 Å². The van der Waals surface area contributed by atoms with E-state index in [1.807, 2.05) is 33.8 Å². The number of aromatic nitrogens is 4. The van der Waals surface area contributed by atoms with Crippen molar-refractivity contribution in [2.24, 2.45) is 0 Å². The Labute approximate surface area is 117 Å². The monoisotopic (exact) mass is 274 g/mol. The molecule has 1 unspecified atom stereocenters. The van der Waals surface area contributed by atoms with Crippen molar-refractivity contribution >= 4 is 5.97 Å². The van der Waals surface area contributed by atoms with Crippen molar-refractivity contribution < 1.29 is 9.53 Å². The summed E-state index contributed by atoms with van der Waals surface area (Å²) in [6.45, 7) is 7.52. The van der Waals surface area contributed by atoms with Gasteiger partial charge in [-0.15, -0.1) is 0 Å². The fraction of sp³-hybridized carbons (Fsp3) is 0.429. The summed E-state index contributed by atoms with van der Waals surface area (Å²) in [5.74, 6) is 0.0766. The quantitative estimate of drug-likeness (QED) is 0.799. The van der Waals surface area contributed by atoms with Crippen molar-refractivity contribution in [2.45, 2.75) is 33.6 Å². The summed E-state index contributed by atoms with van der Waals surface area (Å²) in [5.41, 5.74) is 3.44. The van der Waals surface area contributed by atoms with Crippen molar-refractivity contribution in [1.29, 1.82) is 0 Å². The van der Waals surface area contributed by atoms with E-state index < -0.39 is 0 Å². The zero-order valence-corrected chi connectivity index (χ0v) is 12.3. The van der Waals surface area contributed by atoms with Crippen LogP contribution in [0.25, 0.3) is 5.82 Å². The van der Waals surface area contributed by atoms with Gasteiger partial charge in [0.2, 0.25) is 0 Å². The van der Waals surface area contributed by atoms with E-state index in [4.69, 9.17) is 4.74 Å². The van der Waals surface area contributed by atoms with Gasteiger partial charge in [-0.25, -0.2) is 14.6 Å². The third kappa shape index (κ3) is 2.41. The molecule has 6 heteroatoms. The summed E-state index contributed by atoms with van der Waals surface area (Å²) < 4.78 is 6.54. The molecule has 2 aromatic rings. The summed E-state index contributed by atoms with van der Waals surface area (Å²) in [6.07, 6.45) is 1.50. The molecular formula is C14H18N4O2. The SMILES string of the molecule is COC(=O)C(C)c1c(C)nn(-c2cc(C)ncn2)c1C. The largest absolute Gasteiger partial charge is 0.469 e. The van der Waals surface area contributed by atoms with Crippen LogP contribution in [-0.2, 0) is 9.53 Å². The molecule has 0 fully saturated rings. The van der Waals surface area contributed by atoms with Crippen LogP contribution in [0.1, 0.15) is 35.5 Å². The first-order valence-electron chi connectivity index (χ1n) is 6.38. The zero-order chi connectivity index (χ0) is 14.9. The lowest BCUT2D eigenvalue weighted by atomic mass is 9.99. The van der Waals surface area contributed by atoms with Gasteiger partial charge in [-0.1, -0.05) is 0 Å². The van der Waals surface area contributed by atoms with Gasteiger partial charge in [-0.3, -0.25) is 4.79 Å². The van der Waals surface area contributed by atoms with Crippen molar-refractivity contribution in [2.75, 3.05) is 7.11 Å². The van der Waals surface area contributed by atoms with Gasteiger partial charge in [0.1, 0.15) is 6.33 Å². The molecule has 0 aliphatic rings. The Hall–Kier alpha value is -2.24. The molecule has 6 nitrogen and oxygen atoms in total. The van der Waals surface area contributed by atoms with Crippen molar-refractivity contribution in [3.05, 3.63) is 35.0 Å². The van der Waals surface area contributed by atoms with Crippen LogP contribution in [0.15, 0.2) is 12.4 Å². The standard InChI is InChI=1S/C14H18N4O2/c1-8-6-12(16-7-15-8)18-11(4)13(10(3)17-18)9(2)14(19)20-5/h6-7,9H,1-5H3. The Morgan fingerprint density at radius 2 is 2.00 bits per heavy atom. The average Bonchev–Trinajstić information content (AvgIpc) is 2.72. The molecule has 106 valence electrons. The molecule has 2 heterocycles. The number of carbonyl (C=O) groups is 1. The highest BCUT2D eigenvalue weighted by molar-refractivity contribution is 5.78. The normalized spacial score (nSPS) is 12.2. The highest BCUT2D eigenvalue weighted by atomic mass is 16.5. The van der Waals surface area contributed by atoms with Crippen LogP contribution in [0.4, 0.5) is 0 Å². The number of carbonyl (C=O) groups excluding carboxylic acids is 1. The number of aryl methyl sites for hydroxylation is 2. The van der Waals surface area contributed by atoms with Crippen molar-refractivity contribution in [3.8, 4) is 5.82 Å². The molecule has 0 aliphatic carbocycles. The van der Waals surface area contributed by atoms with Crippen LogP contribution in [-0.4, -0.2) is 32.8 Å². The maximum Gasteiger partial charge on any atom is 0.312 e. The Bertz CT molecular complexity index is 649. The molecule has 20 heavy (non-hydrogen) atoms. The van der Waals surface area contributed by atoms with Gasteiger partial charge in [0.15, 0.2) is 5.82 Å². The van der Waals surface area contributed by atoms with E-state index in [1.54, 1.807) is 4.68 Å². The second-order valence-corrected chi connectivity index (χ2v) is 4.76. The van der Waals surface area contributed by atoms with E-state index in [2.05, 4.69) is 15.1 Å². The van der Waals surface area contributed by atoms with E-state index in [1.165, 1.54) is 13.4 Å². The second kappa shape index (κ2) is 5.40. The first-order chi connectivity index (χ1) is 9.45. The van der Waals surface area contributed by atoms with E-state index in [-0.39, 0.29) is 11.9 Å². The van der Waals surface area contributed by atoms with Crippen LogP contribution in [0.2, 0.25) is 0 Å². The number of nitrogens with zero attached hydrogens (tertiary/aromatic N) is 4. The number of hydrogen-bond donors (Lipinski definition) is 0. The Morgan fingerprint density at radius 1 is 1.30 bits per heavy atom. The number of hydrogen-bond acceptors (Lipinski definition) is 5. The number of rotatable bonds is 3. The van der Waals surface area contributed by atoms with Gasteiger partial charge in [-0.05, 0) is 27.7 Å². The highest BCUT2D eigenvalue weighted by Gasteiger charge is 2.24. The number of ether oxygens (including phenoxy) is 1. The number of methoxy groups -OCH3 is 1. The average molecular weight is 274 g/mol. The van der Waals surface area contributed by atoms with Gasteiger partial charge >= 0.3 is 5.97 Å². The predicted molar refractivity (Wildman–Crippen MR) is 73.8 cm³/mol. The highest BCUT2D eigenvalue weighted by Crippen LogP contribution is 2.25. The van der Waals surface area contributed by atoms with Crippen LogP contribution in [0.5, 0.6) is 0 Å². The van der Waals surface area contributed by atoms with Crippen LogP contribution >= 0.6 is 0 Å². The Kier molecular flexibility index (Phi) is 3.83. The summed E-state index contributed by atoms with van der Waals surface area (Å²) in [7, 11) is 1.39. The molecule has 0 bridgehead atoms. The molecule has 0 saturated heterocycles. The molecule has 0 amide bonds. The van der Waals surface area contributed by atoms with Gasteiger partial charge in [0.25, 0.3) is 0 Å². The molecule has 1 atom stereocenters. The molecule has 0 N–H and O–H groups in total. The molecule has 0 aromatic carbocycles. The summed E-state index contributed by atoms with van der Waals surface area (Å²) >= 11 is 0. The van der Waals surface area contributed by atoms with E-state index in [0.29, 0.717) is 5.82 Å². The first-order valence-corrected chi connectivity index (χ1v) is 6.38. The zero-order valence-electron chi connectivity index (χ0n) is 12.3. The third-order valence-corrected chi connectivity index (χ3v) is 3.34. The molecular weight excluding hydrogens is 256 g/mol. The maximum absolute atomic E-state index is 11.7. The lowest BCUT2D eigenvalue weighted by Crippen LogP contribution is -2.12. The molecule has 0 radical (unpaired) electrons. The van der Waals surface area contributed by atoms with Crippen molar-refractivity contribution in [1.82, 2.24) is 19.7 Å². The van der Waals surface area contributed by atoms with Gasteiger partial charge in [0, 0.05) is 23.0 Å². The third-order valence-electron chi connectivity index (χ3n) is 3.34. The smallest absolute Gasteiger partial charge is 0.312 e.